The predicted octanol–water partition coefficient (Wildman–Crippen LogP) is 2.42. The summed E-state index contributed by atoms with van der Waals surface area (Å²) < 4.78 is 0. The topological polar surface area (TPSA) is 39.5 Å². The number of amidine groups is 1. The number of hydrazone groups is 1. The lowest BCUT2D eigenvalue weighted by atomic mass is 10.2. The molecule has 1 aliphatic heterocycles. The first-order valence-electron chi connectivity index (χ1n) is 4.39. The van der Waals surface area contributed by atoms with E-state index in [2.05, 4.69) is 11.7 Å². The molecule has 1 heterocycles. The maximum Gasteiger partial charge on any atom is 0.155 e. The van der Waals surface area contributed by atoms with Crippen LogP contribution in [0.1, 0.15) is 6.92 Å². The van der Waals surface area contributed by atoms with Gasteiger partial charge in [-0.2, -0.15) is 5.10 Å². The van der Waals surface area contributed by atoms with Crippen LogP contribution in [0.5, 0.6) is 0 Å². The molecule has 0 unspecified atom stereocenters. The summed E-state index contributed by atoms with van der Waals surface area (Å²) in [6.45, 7) is 5.66. The number of benzene rings is 1. The lowest BCUT2D eigenvalue weighted by molar-refractivity contribution is 1.14. The largest absolute Gasteiger partial charge is 0.282 e. The van der Waals surface area contributed by atoms with Gasteiger partial charge in [-0.05, 0) is 19.1 Å². The first-order valence-corrected chi connectivity index (χ1v) is 4.39. The molecule has 0 amide bonds. The van der Waals surface area contributed by atoms with Gasteiger partial charge in [0.1, 0.15) is 0 Å². The molecule has 0 radical (unpaired) electrons. The molecule has 0 fully saturated rings. The Kier molecular flexibility index (Phi) is 1.93. The molecule has 1 aromatic rings. The Morgan fingerprint density at radius 3 is 2.43 bits per heavy atom. The number of hydrogen-bond acceptors (Lipinski definition) is 2. The van der Waals surface area contributed by atoms with Crippen molar-refractivity contribution >= 4 is 17.2 Å². The third-order valence-corrected chi connectivity index (χ3v) is 2.19. The van der Waals surface area contributed by atoms with Gasteiger partial charge in [0.25, 0.3) is 0 Å². The van der Waals surface area contributed by atoms with Crippen molar-refractivity contribution in [3.63, 3.8) is 0 Å². The molecule has 0 spiro atoms. The quantitative estimate of drug-likeness (QED) is 0.717. The van der Waals surface area contributed by atoms with Gasteiger partial charge in [0.05, 0.1) is 11.4 Å². The van der Waals surface area contributed by atoms with Gasteiger partial charge in [0, 0.05) is 5.57 Å². The van der Waals surface area contributed by atoms with Gasteiger partial charge in [0.15, 0.2) is 5.84 Å². The van der Waals surface area contributed by atoms with Crippen LogP contribution >= 0.6 is 0 Å². The summed E-state index contributed by atoms with van der Waals surface area (Å²) in [5.41, 5.74) is 2.39. The van der Waals surface area contributed by atoms with Gasteiger partial charge in [-0.15, -0.1) is 0 Å². The van der Waals surface area contributed by atoms with Crippen molar-refractivity contribution in [2.24, 2.45) is 5.10 Å². The molecule has 0 atom stereocenters. The highest BCUT2D eigenvalue weighted by molar-refractivity contribution is 6.30. The number of nitrogens with one attached hydrogen (secondary N) is 1. The minimum absolute atomic E-state index is 0.355. The fourth-order valence-corrected chi connectivity index (χ4v) is 1.32. The first kappa shape index (κ1) is 8.69. The fraction of sp³-hybridized carbons (Fsp3) is 0.0909. The van der Waals surface area contributed by atoms with Crippen LogP contribution in [0.4, 0.5) is 5.69 Å². The van der Waals surface area contributed by atoms with Crippen LogP contribution in [0.3, 0.4) is 0 Å². The standard InChI is InChI=1S/C11H11N3/c1-8-9(2)13-14(11(8)12)10-6-4-3-5-7-10/h3-7,12H,1H2,2H3. The summed E-state index contributed by atoms with van der Waals surface area (Å²) in [5, 5.41) is 13.6. The molecule has 3 nitrogen and oxygen atoms in total. The highest BCUT2D eigenvalue weighted by atomic mass is 15.5. The second-order valence-corrected chi connectivity index (χ2v) is 3.16. The second-order valence-electron chi connectivity index (χ2n) is 3.16. The van der Waals surface area contributed by atoms with Gasteiger partial charge in [-0.3, -0.25) is 5.41 Å². The van der Waals surface area contributed by atoms with Crippen molar-refractivity contribution in [3.8, 4) is 0 Å². The second kappa shape index (κ2) is 3.10. The maximum atomic E-state index is 7.79. The van der Waals surface area contributed by atoms with Crippen molar-refractivity contribution in [2.75, 3.05) is 5.01 Å². The predicted molar refractivity (Wildman–Crippen MR) is 58.9 cm³/mol. The van der Waals surface area contributed by atoms with Crippen molar-refractivity contribution in [3.05, 3.63) is 42.5 Å². The molecule has 0 saturated heterocycles. The molecular formula is C11H11N3. The van der Waals surface area contributed by atoms with Crippen molar-refractivity contribution in [1.82, 2.24) is 0 Å². The lowest BCUT2D eigenvalue weighted by Crippen LogP contribution is -2.19. The molecule has 1 N–H and O–H groups in total. The summed E-state index contributed by atoms with van der Waals surface area (Å²) in [6, 6.07) is 9.63. The van der Waals surface area contributed by atoms with Crippen LogP contribution in [-0.4, -0.2) is 11.5 Å². The SMILES string of the molecule is C=C1C(=N)N(c2ccccc2)N=C1C. The van der Waals surface area contributed by atoms with E-state index in [-0.39, 0.29) is 0 Å². The van der Waals surface area contributed by atoms with Crippen molar-refractivity contribution in [2.45, 2.75) is 6.92 Å². The zero-order valence-corrected chi connectivity index (χ0v) is 7.99. The zero-order chi connectivity index (χ0) is 10.1. The van der Waals surface area contributed by atoms with Crippen molar-refractivity contribution < 1.29 is 0 Å². The summed E-state index contributed by atoms with van der Waals surface area (Å²) in [4.78, 5) is 0. The smallest absolute Gasteiger partial charge is 0.155 e. The lowest BCUT2D eigenvalue weighted by Gasteiger charge is -2.13. The molecule has 70 valence electrons. The summed E-state index contributed by atoms with van der Waals surface area (Å²) in [6.07, 6.45) is 0. The Morgan fingerprint density at radius 1 is 1.29 bits per heavy atom. The molecule has 2 rings (SSSR count). The summed E-state index contributed by atoms with van der Waals surface area (Å²) in [7, 11) is 0. The van der Waals surface area contributed by atoms with Crippen LogP contribution in [0, 0.1) is 5.41 Å². The highest BCUT2D eigenvalue weighted by Gasteiger charge is 2.22. The fourth-order valence-electron chi connectivity index (χ4n) is 1.32. The number of para-hydroxylation sites is 1. The molecule has 0 aliphatic carbocycles. The summed E-state index contributed by atoms with van der Waals surface area (Å²) in [5.74, 6) is 0.355. The molecule has 0 saturated carbocycles. The van der Waals surface area contributed by atoms with E-state index in [0.29, 0.717) is 11.4 Å². The minimum Gasteiger partial charge on any atom is -0.282 e. The normalized spacial score (nSPS) is 16.1. The van der Waals surface area contributed by atoms with E-state index < -0.39 is 0 Å². The van der Waals surface area contributed by atoms with Gasteiger partial charge in [0.2, 0.25) is 0 Å². The van der Waals surface area contributed by atoms with Gasteiger partial charge < -0.3 is 0 Å². The van der Waals surface area contributed by atoms with Crippen LogP contribution < -0.4 is 5.01 Å². The van der Waals surface area contributed by atoms with E-state index in [1.165, 1.54) is 0 Å². The Morgan fingerprint density at radius 2 is 1.93 bits per heavy atom. The zero-order valence-electron chi connectivity index (χ0n) is 7.99. The molecule has 0 bridgehead atoms. The number of hydrogen-bond donors (Lipinski definition) is 1. The Hall–Kier alpha value is -1.90. The van der Waals surface area contributed by atoms with E-state index in [1.54, 1.807) is 5.01 Å². The van der Waals surface area contributed by atoms with Crippen LogP contribution in [0.25, 0.3) is 0 Å². The van der Waals surface area contributed by atoms with E-state index in [0.717, 1.165) is 11.4 Å². The monoisotopic (exact) mass is 185 g/mol. The van der Waals surface area contributed by atoms with Crippen LogP contribution in [0.2, 0.25) is 0 Å². The average Bonchev–Trinajstić information content (AvgIpc) is 2.47. The highest BCUT2D eigenvalue weighted by Crippen LogP contribution is 2.21. The Bertz CT molecular complexity index is 417. The maximum absolute atomic E-state index is 7.79. The number of anilines is 1. The third-order valence-electron chi connectivity index (χ3n) is 2.19. The number of rotatable bonds is 1. The first-order chi connectivity index (χ1) is 6.70. The van der Waals surface area contributed by atoms with Gasteiger partial charge in [-0.25, -0.2) is 5.01 Å². The molecular weight excluding hydrogens is 174 g/mol. The molecule has 14 heavy (non-hydrogen) atoms. The molecule has 1 aliphatic rings. The Labute approximate surface area is 82.9 Å². The van der Waals surface area contributed by atoms with Gasteiger partial charge in [-0.1, -0.05) is 24.8 Å². The van der Waals surface area contributed by atoms with E-state index in [4.69, 9.17) is 5.41 Å². The van der Waals surface area contributed by atoms with E-state index in [1.807, 2.05) is 37.3 Å². The van der Waals surface area contributed by atoms with Crippen molar-refractivity contribution in [1.29, 1.82) is 5.41 Å². The van der Waals surface area contributed by atoms with Gasteiger partial charge >= 0.3 is 0 Å². The van der Waals surface area contributed by atoms with E-state index >= 15 is 0 Å². The molecule has 3 heteroatoms. The van der Waals surface area contributed by atoms with Crippen LogP contribution in [-0.2, 0) is 0 Å². The minimum atomic E-state index is 0.355. The third kappa shape index (κ3) is 1.23. The Balaban J connectivity index is 2.39. The molecule has 1 aromatic carbocycles. The average molecular weight is 185 g/mol. The van der Waals surface area contributed by atoms with Crippen LogP contribution in [0.15, 0.2) is 47.6 Å². The van der Waals surface area contributed by atoms with E-state index in [9.17, 15) is 0 Å². The summed E-state index contributed by atoms with van der Waals surface area (Å²) >= 11 is 0. The number of nitrogens with zero attached hydrogens (tertiary/aromatic N) is 2. The molecule has 0 aromatic heterocycles.